The Morgan fingerprint density at radius 1 is 0.302 bits per heavy atom. The SMILES string of the molecule is CCCCCCCCCCCCCCCCCCCCCCCC[P+](c1ccccc1)(c1ccccc1)c1ccccc1. The van der Waals surface area contributed by atoms with Crippen LogP contribution in [0.1, 0.15) is 148 Å². The first-order valence-electron chi connectivity index (χ1n) is 18.4. The summed E-state index contributed by atoms with van der Waals surface area (Å²) >= 11 is 0. The van der Waals surface area contributed by atoms with E-state index in [1.807, 2.05) is 0 Å². The fourth-order valence-electron chi connectivity index (χ4n) is 6.84. The molecule has 236 valence electrons. The van der Waals surface area contributed by atoms with Crippen LogP contribution in [0, 0.1) is 0 Å². The number of benzene rings is 3. The van der Waals surface area contributed by atoms with E-state index in [0.717, 1.165) is 0 Å². The molecule has 3 rings (SSSR count). The van der Waals surface area contributed by atoms with Crippen molar-refractivity contribution >= 4 is 23.2 Å². The van der Waals surface area contributed by atoms with Gasteiger partial charge in [0.1, 0.15) is 23.2 Å². The molecule has 0 atom stereocenters. The van der Waals surface area contributed by atoms with Crippen LogP contribution in [0.15, 0.2) is 91.0 Å². The molecule has 3 aromatic rings. The van der Waals surface area contributed by atoms with Crippen molar-refractivity contribution in [2.45, 2.75) is 148 Å². The number of hydrogen-bond donors (Lipinski definition) is 0. The summed E-state index contributed by atoms with van der Waals surface area (Å²) in [6, 6.07) is 34.2. The highest BCUT2D eigenvalue weighted by molar-refractivity contribution is 7.95. The van der Waals surface area contributed by atoms with Crippen molar-refractivity contribution in [2.24, 2.45) is 0 Å². The maximum Gasteiger partial charge on any atom is 0.112 e. The normalized spacial score (nSPS) is 11.7. The topological polar surface area (TPSA) is 0 Å². The minimum atomic E-state index is -1.65. The van der Waals surface area contributed by atoms with E-state index in [2.05, 4.69) is 97.9 Å². The van der Waals surface area contributed by atoms with Gasteiger partial charge in [-0.1, -0.05) is 190 Å². The third-order valence-electron chi connectivity index (χ3n) is 9.44. The van der Waals surface area contributed by atoms with E-state index in [1.54, 1.807) is 0 Å². The van der Waals surface area contributed by atoms with Crippen LogP contribution in [0.4, 0.5) is 0 Å². The predicted molar refractivity (Wildman–Crippen MR) is 197 cm³/mol. The Labute approximate surface area is 267 Å². The van der Waals surface area contributed by atoms with E-state index < -0.39 is 7.26 Å². The van der Waals surface area contributed by atoms with Gasteiger partial charge < -0.3 is 0 Å². The molecule has 0 bridgehead atoms. The van der Waals surface area contributed by atoms with Crippen LogP contribution in [0.5, 0.6) is 0 Å². The molecule has 0 aliphatic heterocycles. The summed E-state index contributed by atoms with van der Waals surface area (Å²) in [5.41, 5.74) is 0. The molecule has 0 spiro atoms. The van der Waals surface area contributed by atoms with Crippen molar-refractivity contribution in [1.82, 2.24) is 0 Å². The molecule has 0 nitrogen and oxygen atoms in total. The summed E-state index contributed by atoms with van der Waals surface area (Å²) in [4.78, 5) is 0. The van der Waals surface area contributed by atoms with Crippen molar-refractivity contribution in [3.63, 3.8) is 0 Å². The van der Waals surface area contributed by atoms with Crippen LogP contribution < -0.4 is 15.9 Å². The Balaban J connectivity index is 1.24. The van der Waals surface area contributed by atoms with Crippen LogP contribution in [0.25, 0.3) is 0 Å². The minimum Gasteiger partial charge on any atom is -0.0654 e. The Hall–Kier alpha value is -1.91. The maximum atomic E-state index is 2.38. The quantitative estimate of drug-likeness (QED) is 0.0636. The molecule has 43 heavy (non-hydrogen) atoms. The second kappa shape index (κ2) is 23.5. The molecule has 0 saturated heterocycles. The van der Waals surface area contributed by atoms with Gasteiger partial charge in [-0.05, 0) is 49.2 Å². The zero-order valence-corrected chi connectivity index (χ0v) is 28.8. The lowest BCUT2D eigenvalue weighted by Crippen LogP contribution is -2.33. The molecule has 0 radical (unpaired) electrons. The summed E-state index contributed by atoms with van der Waals surface area (Å²) in [7, 11) is -1.65. The van der Waals surface area contributed by atoms with E-state index >= 15 is 0 Å². The van der Waals surface area contributed by atoms with Gasteiger partial charge >= 0.3 is 0 Å². The van der Waals surface area contributed by atoms with Crippen LogP contribution in [0.3, 0.4) is 0 Å². The fourth-order valence-corrected chi connectivity index (χ4v) is 11.2. The van der Waals surface area contributed by atoms with E-state index in [0.29, 0.717) is 0 Å². The van der Waals surface area contributed by atoms with E-state index in [9.17, 15) is 0 Å². The van der Waals surface area contributed by atoms with Gasteiger partial charge in [0, 0.05) is 0 Å². The minimum absolute atomic E-state index is 1.27. The fraction of sp³-hybridized carbons (Fsp3) is 0.571. The van der Waals surface area contributed by atoms with Gasteiger partial charge in [-0.2, -0.15) is 0 Å². The van der Waals surface area contributed by atoms with Gasteiger partial charge in [0.25, 0.3) is 0 Å². The third-order valence-corrected chi connectivity index (χ3v) is 14.0. The largest absolute Gasteiger partial charge is 0.112 e. The van der Waals surface area contributed by atoms with Gasteiger partial charge in [-0.3, -0.25) is 0 Å². The van der Waals surface area contributed by atoms with Gasteiger partial charge in [0.05, 0.1) is 6.16 Å². The van der Waals surface area contributed by atoms with Crippen LogP contribution in [-0.2, 0) is 0 Å². The Kier molecular flexibility index (Phi) is 19.4. The second-order valence-corrected chi connectivity index (χ2v) is 16.6. The Morgan fingerprint density at radius 2 is 0.535 bits per heavy atom. The lowest BCUT2D eigenvalue weighted by Gasteiger charge is -2.27. The molecular weight excluding hydrogens is 535 g/mol. The first-order valence-corrected chi connectivity index (χ1v) is 20.4. The number of unbranched alkanes of at least 4 members (excludes halogenated alkanes) is 21. The molecule has 0 saturated carbocycles. The third kappa shape index (κ3) is 13.7. The van der Waals surface area contributed by atoms with Gasteiger partial charge in [-0.15, -0.1) is 0 Å². The first-order chi connectivity index (χ1) is 21.4. The summed E-state index contributed by atoms with van der Waals surface area (Å²) in [5, 5.41) is 4.57. The van der Waals surface area contributed by atoms with Crippen molar-refractivity contribution in [2.75, 3.05) is 6.16 Å². The van der Waals surface area contributed by atoms with E-state index in [4.69, 9.17) is 0 Å². The standard InChI is InChI=1S/C42H64P/c1-2-3-4-5-6-7-8-9-10-11-12-13-14-15-16-17-18-19-20-21-22-32-39-43(40-33-26-23-27-34-40,41-35-28-24-29-36-41)42-37-30-25-31-38-42/h23-31,33-38H,2-22,32,39H2,1H3/q+1. The molecule has 1 heteroatoms. The van der Waals surface area contributed by atoms with Crippen molar-refractivity contribution in [3.8, 4) is 0 Å². The maximum absolute atomic E-state index is 2.38. The molecule has 0 aliphatic carbocycles. The molecular formula is C42H64P+. The van der Waals surface area contributed by atoms with Crippen molar-refractivity contribution < 1.29 is 0 Å². The highest BCUT2D eigenvalue weighted by atomic mass is 31.2. The lowest BCUT2D eigenvalue weighted by atomic mass is 10.0. The number of hydrogen-bond acceptors (Lipinski definition) is 0. The van der Waals surface area contributed by atoms with Crippen molar-refractivity contribution in [3.05, 3.63) is 91.0 Å². The molecule has 0 aromatic heterocycles. The molecule has 3 aromatic carbocycles. The molecule has 0 N–H and O–H groups in total. The predicted octanol–water partition coefficient (Wildman–Crippen LogP) is 12.6. The molecule has 0 heterocycles. The molecule has 0 unspecified atom stereocenters. The van der Waals surface area contributed by atoms with Crippen LogP contribution in [0.2, 0.25) is 0 Å². The zero-order chi connectivity index (χ0) is 30.1. The average Bonchev–Trinajstić information content (AvgIpc) is 3.06. The highest BCUT2D eigenvalue weighted by Gasteiger charge is 2.44. The Bertz CT molecular complexity index is 916. The summed E-state index contributed by atoms with van der Waals surface area (Å²) in [5.74, 6) is 0. The Morgan fingerprint density at radius 3 is 0.791 bits per heavy atom. The van der Waals surface area contributed by atoms with Crippen molar-refractivity contribution in [1.29, 1.82) is 0 Å². The average molecular weight is 600 g/mol. The molecule has 0 amide bonds. The van der Waals surface area contributed by atoms with Gasteiger partial charge in [0.15, 0.2) is 0 Å². The summed E-state index contributed by atoms with van der Waals surface area (Å²) in [6.07, 6.45) is 32.9. The monoisotopic (exact) mass is 599 g/mol. The first kappa shape index (κ1) is 35.6. The zero-order valence-electron chi connectivity index (χ0n) is 27.9. The highest BCUT2D eigenvalue weighted by Crippen LogP contribution is 2.56. The molecule has 0 fully saturated rings. The summed E-state index contributed by atoms with van der Waals surface area (Å²) in [6.45, 7) is 2.31. The lowest BCUT2D eigenvalue weighted by molar-refractivity contribution is 0.520. The smallest absolute Gasteiger partial charge is 0.0654 e. The van der Waals surface area contributed by atoms with Gasteiger partial charge in [-0.25, -0.2) is 0 Å². The van der Waals surface area contributed by atoms with E-state index in [-0.39, 0.29) is 0 Å². The second-order valence-electron chi connectivity index (χ2n) is 13.0. The van der Waals surface area contributed by atoms with Crippen LogP contribution in [-0.4, -0.2) is 6.16 Å². The van der Waals surface area contributed by atoms with Crippen LogP contribution >= 0.6 is 7.26 Å². The number of rotatable bonds is 26. The summed E-state index contributed by atoms with van der Waals surface area (Å²) < 4.78 is 0. The van der Waals surface area contributed by atoms with E-state index in [1.165, 1.54) is 163 Å². The molecule has 0 aliphatic rings. The van der Waals surface area contributed by atoms with Gasteiger partial charge in [0.2, 0.25) is 0 Å².